The number of benzene rings is 1. The van der Waals surface area contributed by atoms with Crippen molar-refractivity contribution in [1.82, 2.24) is 14.7 Å². The van der Waals surface area contributed by atoms with E-state index >= 15 is 0 Å². The third-order valence-corrected chi connectivity index (χ3v) is 5.09. The molecule has 158 valence electrons. The van der Waals surface area contributed by atoms with Gasteiger partial charge in [0, 0.05) is 13.1 Å². The van der Waals surface area contributed by atoms with Crippen molar-refractivity contribution in [3.05, 3.63) is 40.7 Å². The number of sulfonamides is 1. The fourth-order valence-corrected chi connectivity index (χ4v) is 3.26. The standard InChI is InChI=1S/C15H19ClN8O3S.ClH/c1-8-2-4-9(5-3-8)28(26,27)21-7-6-20-13-11(16)22-10(12(17)23-13)14(25)24-15(18)19;/h2-5,21H,6-7H2,1H3,(H3,17,20,23)(H4,18,19,24,25);1H. The maximum Gasteiger partial charge on any atom is 0.302 e. The maximum absolute atomic E-state index is 12.2. The number of carbonyl (C=O) groups is 1. The van der Waals surface area contributed by atoms with Crippen molar-refractivity contribution in [3.63, 3.8) is 0 Å². The van der Waals surface area contributed by atoms with Crippen molar-refractivity contribution in [3.8, 4) is 0 Å². The number of hydrogen-bond acceptors (Lipinski definition) is 7. The van der Waals surface area contributed by atoms with E-state index in [2.05, 4.69) is 25.0 Å². The van der Waals surface area contributed by atoms with E-state index in [-0.39, 0.29) is 52.9 Å². The van der Waals surface area contributed by atoms with Gasteiger partial charge in [-0.05, 0) is 19.1 Å². The monoisotopic (exact) mass is 462 g/mol. The Hall–Kier alpha value is -2.67. The highest BCUT2D eigenvalue weighted by atomic mass is 35.5. The van der Waals surface area contributed by atoms with Gasteiger partial charge in [-0.2, -0.15) is 4.99 Å². The number of carbonyl (C=O) groups excluding carboxylic acids is 1. The summed E-state index contributed by atoms with van der Waals surface area (Å²) in [6, 6.07) is 6.44. The predicted molar refractivity (Wildman–Crippen MR) is 114 cm³/mol. The van der Waals surface area contributed by atoms with Crippen LogP contribution in [0.3, 0.4) is 0 Å². The van der Waals surface area contributed by atoms with Crippen LogP contribution in [0.4, 0.5) is 11.6 Å². The molecule has 8 N–H and O–H groups in total. The summed E-state index contributed by atoms with van der Waals surface area (Å²) in [6.07, 6.45) is 0. The molecule has 0 radical (unpaired) electrons. The number of nitrogens with two attached hydrogens (primary N) is 3. The number of nitrogens with one attached hydrogen (secondary N) is 2. The second-order valence-corrected chi connectivity index (χ2v) is 7.70. The van der Waals surface area contributed by atoms with Crippen molar-refractivity contribution in [1.29, 1.82) is 0 Å². The molecular weight excluding hydrogens is 443 g/mol. The number of halogens is 2. The molecular formula is C15H20Cl2N8O3S. The lowest BCUT2D eigenvalue weighted by atomic mass is 10.2. The van der Waals surface area contributed by atoms with Gasteiger partial charge in [0.2, 0.25) is 10.0 Å². The average Bonchev–Trinajstić information content (AvgIpc) is 2.60. The average molecular weight is 463 g/mol. The second kappa shape index (κ2) is 10.2. The lowest BCUT2D eigenvalue weighted by Gasteiger charge is -2.10. The van der Waals surface area contributed by atoms with Crippen LogP contribution in [-0.2, 0) is 10.0 Å². The molecule has 1 aromatic heterocycles. The molecule has 0 saturated carbocycles. The van der Waals surface area contributed by atoms with E-state index in [0.29, 0.717) is 0 Å². The van der Waals surface area contributed by atoms with Crippen LogP contribution in [-0.4, -0.2) is 43.3 Å². The molecule has 0 unspecified atom stereocenters. The zero-order valence-electron chi connectivity index (χ0n) is 15.2. The first kappa shape index (κ1) is 24.4. The Kier molecular flexibility index (Phi) is 8.58. The molecule has 0 aliphatic heterocycles. The third kappa shape index (κ3) is 6.71. The molecule has 0 fully saturated rings. The van der Waals surface area contributed by atoms with Gasteiger partial charge in [-0.25, -0.2) is 23.1 Å². The van der Waals surface area contributed by atoms with Gasteiger partial charge in [0.05, 0.1) is 4.90 Å². The van der Waals surface area contributed by atoms with Gasteiger partial charge in [0.25, 0.3) is 0 Å². The number of aliphatic imine (C=N–C) groups is 1. The number of anilines is 2. The smallest absolute Gasteiger partial charge is 0.302 e. The molecule has 0 spiro atoms. The van der Waals surface area contributed by atoms with Crippen molar-refractivity contribution >= 4 is 57.5 Å². The molecule has 11 nitrogen and oxygen atoms in total. The zero-order chi connectivity index (χ0) is 20.9. The minimum atomic E-state index is -3.65. The lowest BCUT2D eigenvalue weighted by Crippen LogP contribution is -2.29. The number of aryl methyl sites for hydroxylation is 1. The van der Waals surface area contributed by atoms with Crippen LogP contribution in [0.25, 0.3) is 0 Å². The minimum Gasteiger partial charge on any atom is -0.382 e. The molecule has 2 rings (SSSR count). The van der Waals surface area contributed by atoms with Gasteiger partial charge >= 0.3 is 5.91 Å². The third-order valence-electron chi connectivity index (χ3n) is 3.35. The summed E-state index contributed by atoms with van der Waals surface area (Å²) in [5, 5.41) is 2.64. The van der Waals surface area contributed by atoms with E-state index in [4.69, 9.17) is 28.8 Å². The number of nitrogens with zero attached hydrogens (tertiary/aromatic N) is 3. The molecule has 0 bridgehead atoms. The van der Waals surface area contributed by atoms with E-state index in [0.717, 1.165) is 5.56 Å². The summed E-state index contributed by atoms with van der Waals surface area (Å²) in [7, 11) is -3.65. The molecule has 29 heavy (non-hydrogen) atoms. The quantitative estimate of drug-likeness (QED) is 0.217. The molecule has 14 heteroatoms. The van der Waals surface area contributed by atoms with E-state index in [1.807, 2.05) is 6.92 Å². The van der Waals surface area contributed by atoms with Gasteiger partial charge in [-0.15, -0.1) is 12.4 Å². The van der Waals surface area contributed by atoms with Crippen LogP contribution in [0, 0.1) is 6.92 Å². The highest BCUT2D eigenvalue weighted by molar-refractivity contribution is 7.89. The predicted octanol–water partition coefficient (Wildman–Crippen LogP) is 0.246. The zero-order valence-corrected chi connectivity index (χ0v) is 17.6. The maximum atomic E-state index is 12.2. The highest BCUT2D eigenvalue weighted by Crippen LogP contribution is 2.20. The first-order chi connectivity index (χ1) is 13.1. The largest absolute Gasteiger partial charge is 0.382 e. The second-order valence-electron chi connectivity index (χ2n) is 5.58. The van der Waals surface area contributed by atoms with Gasteiger partial charge in [0.1, 0.15) is 0 Å². The van der Waals surface area contributed by atoms with Crippen molar-refractivity contribution in [2.24, 2.45) is 16.5 Å². The molecule has 1 aromatic carbocycles. The fraction of sp³-hybridized carbons (Fsp3) is 0.200. The van der Waals surface area contributed by atoms with Gasteiger partial charge < -0.3 is 22.5 Å². The Morgan fingerprint density at radius 2 is 1.79 bits per heavy atom. The van der Waals surface area contributed by atoms with Gasteiger partial charge in [-0.3, -0.25) is 4.79 Å². The topological polar surface area (TPSA) is 191 Å². The summed E-state index contributed by atoms with van der Waals surface area (Å²) in [5.74, 6) is -1.49. The Labute approximate surface area is 178 Å². The number of aromatic nitrogens is 2. The van der Waals surface area contributed by atoms with Gasteiger partial charge in [-0.1, -0.05) is 29.3 Å². The van der Waals surface area contributed by atoms with E-state index in [1.54, 1.807) is 12.1 Å². The van der Waals surface area contributed by atoms with Crippen LogP contribution >= 0.6 is 24.0 Å². The number of rotatable bonds is 7. The first-order valence-corrected chi connectivity index (χ1v) is 9.73. The summed E-state index contributed by atoms with van der Waals surface area (Å²) >= 11 is 5.97. The number of nitrogen functional groups attached to an aromatic ring is 1. The number of hydrogen-bond donors (Lipinski definition) is 5. The Balaban J connectivity index is 0.00000420. The molecule has 2 aromatic rings. The molecule has 1 heterocycles. The van der Waals surface area contributed by atoms with E-state index in [1.165, 1.54) is 12.1 Å². The Bertz CT molecular complexity index is 1010. The molecule has 0 atom stereocenters. The van der Waals surface area contributed by atoms with Crippen molar-refractivity contribution in [2.45, 2.75) is 11.8 Å². The SMILES string of the molecule is Cc1ccc(S(=O)(=O)NCCNc2nc(N)c(C(=O)N=C(N)N)nc2Cl)cc1.Cl. The van der Waals surface area contributed by atoms with Crippen LogP contribution in [0.5, 0.6) is 0 Å². The summed E-state index contributed by atoms with van der Waals surface area (Å²) in [5.41, 5.74) is 16.6. The Morgan fingerprint density at radius 3 is 2.38 bits per heavy atom. The molecule has 0 aliphatic rings. The molecule has 1 amide bonds. The Morgan fingerprint density at radius 1 is 1.17 bits per heavy atom. The molecule has 0 saturated heterocycles. The van der Waals surface area contributed by atoms with Crippen LogP contribution in [0.2, 0.25) is 5.15 Å². The van der Waals surface area contributed by atoms with Crippen molar-refractivity contribution < 1.29 is 13.2 Å². The van der Waals surface area contributed by atoms with Crippen LogP contribution < -0.4 is 27.2 Å². The first-order valence-electron chi connectivity index (χ1n) is 7.87. The summed E-state index contributed by atoms with van der Waals surface area (Å²) in [6.45, 7) is 2.04. The minimum absolute atomic E-state index is 0. The fourth-order valence-electron chi connectivity index (χ4n) is 2.04. The molecule has 0 aliphatic carbocycles. The lowest BCUT2D eigenvalue weighted by molar-refractivity contribution is 0.0998. The number of amides is 1. The van der Waals surface area contributed by atoms with Crippen LogP contribution in [0.15, 0.2) is 34.2 Å². The highest BCUT2D eigenvalue weighted by Gasteiger charge is 2.17. The van der Waals surface area contributed by atoms with E-state index < -0.39 is 21.9 Å². The normalized spacial score (nSPS) is 10.7. The van der Waals surface area contributed by atoms with Crippen molar-refractivity contribution in [2.75, 3.05) is 24.1 Å². The van der Waals surface area contributed by atoms with E-state index in [9.17, 15) is 13.2 Å². The summed E-state index contributed by atoms with van der Waals surface area (Å²) < 4.78 is 26.8. The van der Waals surface area contributed by atoms with Crippen LogP contribution in [0.1, 0.15) is 16.1 Å². The van der Waals surface area contributed by atoms with Gasteiger partial charge in [0.15, 0.2) is 28.4 Å². The summed E-state index contributed by atoms with van der Waals surface area (Å²) in [4.78, 5) is 23.0. The number of guanidine groups is 1.